The predicted octanol–water partition coefficient (Wildman–Crippen LogP) is 9.00. The Balaban J connectivity index is 1.27. The minimum absolute atomic E-state index is 0.939. The summed E-state index contributed by atoms with van der Waals surface area (Å²) in [4.78, 5) is 7.20. The molecular formula is C32H22N2S. The van der Waals surface area contributed by atoms with Crippen LogP contribution in [0.3, 0.4) is 0 Å². The Kier molecular flexibility index (Phi) is 4.74. The highest BCUT2D eigenvalue weighted by Crippen LogP contribution is 2.43. The quantitative estimate of drug-likeness (QED) is 0.257. The van der Waals surface area contributed by atoms with Crippen LogP contribution < -0.4 is 4.90 Å². The Morgan fingerprint density at radius 3 is 1.91 bits per heavy atom. The molecule has 0 saturated carbocycles. The van der Waals surface area contributed by atoms with E-state index in [1.54, 1.807) is 11.3 Å². The Morgan fingerprint density at radius 2 is 1.20 bits per heavy atom. The van der Waals surface area contributed by atoms with Gasteiger partial charge in [-0.05, 0) is 83.3 Å². The second kappa shape index (κ2) is 8.23. The number of thiazole rings is 1. The van der Waals surface area contributed by atoms with Crippen molar-refractivity contribution in [3.63, 3.8) is 0 Å². The molecule has 5 aromatic carbocycles. The summed E-state index contributed by atoms with van der Waals surface area (Å²) in [6.45, 7) is 0. The van der Waals surface area contributed by atoms with Gasteiger partial charge < -0.3 is 4.90 Å². The number of para-hydroxylation sites is 3. The molecule has 1 aliphatic rings. The second-order valence-electron chi connectivity index (χ2n) is 8.88. The maximum atomic E-state index is 4.87. The van der Waals surface area contributed by atoms with Crippen molar-refractivity contribution in [1.82, 2.24) is 4.98 Å². The number of hydrogen-bond acceptors (Lipinski definition) is 3. The monoisotopic (exact) mass is 466 g/mol. The van der Waals surface area contributed by atoms with Gasteiger partial charge in [0, 0.05) is 22.6 Å². The van der Waals surface area contributed by atoms with Gasteiger partial charge in [0.05, 0.1) is 10.2 Å². The number of aromatic nitrogens is 1. The molecule has 1 aliphatic carbocycles. The van der Waals surface area contributed by atoms with E-state index in [0.29, 0.717) is 0 Å². The lowest BCUT2D eigenvalue weighted by Gasteiger charge is -2.26. The maximum absolute atomic E-state index is 4.87. The molecule has 6 aromatic rings. The first-order chi connectivity index (χ1) is 17.3. The molecule has 0 N–H and O–H groups in total. The van der Waals surface area contributed by atoms with Crippen molar-refractivity contribution in [2.24, 2.45) is 0 Å². The first-order valence-corrected chi connectivity index (χ1v) is 12.7. The first kappa shape index (κ1) is 20.2. The lowest BCUT2D eigenvalue weighted by atomic mass is 10.0. The van der Waals surface area contributed by atoms with Gasteiger partial charge in [0.2, 0.25) is 0 Å². The van der Waals surface area contributed by atoms with E-state index in [1.165, 1.54) is 38.2 Å². The largest absolute Gasteiger partial charge is 0.310 e. The Morgan fingerprint density at radius 1 is 0.571 bits per heavy atom. The van der Waals surface area contributed by atoms with Gasteiger partial charge in [0.1, 0.15) is 5.01 Å². The maximum Gasteiger partial charge on any atom is 0.124 e. The topological polar surface area (TPSA) is 16.1 Å². The van der Waals surface area contributed by atoms with Crippen molar-refractivity contribution in [3.05, 3.63) is 132 Å². The molecule has 35 heavy (non-hydrogen) atoms. The minimum Gasteiger partial charge on any atom is -0.310 e. The normalized spacial score (nSPS) is 11.9. The molecule has 0 radical (unpaired) electrons. The highest BCUT2D eigenvalue weighted by atomic mass is 32.1. The van der Waals surface area contributed by atoms with Crippen molar-refractivity contribution in [2.45, 2.75) is 6.42 Å². The molecule has 0 saturated heterocycles. The number of anilines is 3. The van der Waals surface area contributed by atoms with Crippen molar-refractivity contribution in [1.29, 1.82) is 0 Å². The summed E-state index contributed by atoms with van der Waals surface area (Å²) < 4.78 is 1.23. The van der Waals surface area contributed by atoms with Gasteiger partial charge in [-0.2, -0.15) is 0 Å². The van der Waals surface area contributed by atoms with Crippen LogP contribution in [0.15, 0.2) is 121 Å². The van der Waals surface area contributed by atoms with Gasteiger partial charge in [0.25, 0.3) is 0 Å². The molecule has 7 rings (SSSR count). The summed E-state index contributed by atoms with van der Waals surface area (Å²) in [5.74, 6) is 0. The van der Waals surface area contributed by atoms with Gasteiger partial charge in [-0.15, -0.1) is 11.3 Å². The van der Waals surface area contributed by atoms with Crippen LogP contribution in [-0.2, 0) is 6.42 Å². The van der Waals surface area contributed by atoms with Gasteiger partial charge in [-0.3, -0.25) is 0 Å². The molecule has 3 heteroatoms. The molecule has 0 fully saturated rings. The minimum atomic E-state index is 0.939. The zero-order chi connectivity index (χ0) is 23.2. The molecule has 0 bridgehead atoms. The summed E-state index contributed by atoms with van der Waals surface area (Å²) in [5.41, 5.74) is 11.2. The number of benzene rings is 5. The van der Waals surface area contributed by atoms with Crippen LogP contribution >= 0.6 is 11.3 Å². The van der Waals surface area contributed by atoms with E-state index in [2.05, 4.69) is 126 Å². The average molecular weight is 467 g/mol. The predicted molar refractivity (Wildman–Crippen MR) is 148 cm³/mol. The molecule has 0 unspecified atom stereocenters. The van der Waals surface area contributed by atoms with E-state index >= 15 is 0 Å². The average Bonchev–Trinajstić information content (AvgIpc) is 3.51. The highest BCUT2D eigenvalue weighted by molar-refractivity contribution is 7.21. The van der Waals surface area contributed by atoms with Gasteiger partial charge in [0.15, 0.2) is 0 Å². The van der Waals surface area contributed by atoms with Crippen molar-refractivity contribution in [2.75, 3.05) is 4.90 Å². The smallest absolute Gasteiger partial charge is 0.124 e. The molecule has 2 nitrogen and oxygen atoms in total. The first-order valence-electron chi connectivity index (χ1n) is 11.9. The molecule has 0 aliphatic heterocycles. The van der Waals surface area contributed by atoms with Crippen LogP contribution in [0.25, 0.3) is 31.9 Å². The van der Waals surface area contributed by atoms with Gasteiger partial charge in [-0.1, -0.05) is 66.7 Å². The fourth-order valence-corrected chi connectivity index (χ4v) is 6.03. The molecular weight excluding hydrogens is 444 g/mol. The van der Waals surface area contributed by atoms with Crippen molar-refractivity contribution < 1.29 is 0 Å². The SMILES string of the molecule is c1ccc(N(c2ccccc2)c2ccc3c(c2)Cc2cc(-c4nc5ccccc5s4)ccc2-3)cc1. The zero-order valence-electron chi connectivity index (χ0n) is 19.1. The molecule has 0 amide bonds. The van der Waals surface area contributed by atoms with Crippen LogP contribution in [0.2, 0.25) is 0 Å². The number of rotatable bonds is 4. The standard InChI is InChI=1S/C32H22N2S/c1-3-9-25(10-4-1)34(26-11-5-2-6-12-26)27-16-18-29-24(21-27)20-23-19-22(15-17-28(23)29)32-33-30-13-7-8-14-31(30)35-32/h1-19,21H,20H2. The Bertz CT molecular complexity index is 1600. The van der Waals surface area contributed by atoms with Crippen molar-refractivity contribution in [3.8, 4) is 21.7 Å². The molecule has 1 aromatic heterocycles. The summed E-state index contributed by atoms with van der Waals surface area (Å²) in [6, 6.07) is 43.2. The fourth-order valence-electron chi connectivity index (χ4n) is 5.07. The van der Waals surface area contributed by atoms with E-state index in [0.717, 1.165) is 28.3 Å². The van der Waals surface area contributed by atoms with Gasteiger partial charge >= 0.3 is 0 Å². The van der Waals surface area contributed by atoms with Gasteiger partial charge in [-0.25, -0.2) is 4.98 Å². The van der Waals surface area contributed by atoms with Crippen LogP contribution in [-0.4, -0.2) is 4.98 Å². The Hall–Kier alpha value is -4.21. The third-order valence-electron chi connectivity index (χ3n) is 6.69. The Labute approximate surface area is 208 Å². The summed E-state index contributed by atoms with van der Waals surface area (Å²) in [5, 5.41) is 1.09. The number of nitrogens with zero attached hydrogens (tertiary/aromatic N) is 2. The number of hydrogen-bond donors (Lipinski definition) is 0. The van der Waals surface area contributed by atoms with E-state index < -0.39 is 0 Å². The highest BCUT2D eigenvalue weighted by Gasteiger charge is 2.22. The van der Waals surface area contributed by atoms with Crippen LogP contribution in [0.5, 0.6) is 0 Å². The summed E-state index contributed by atoms with van der Waals surface area (Å²) >= 11 is 1.76. The second-order valence-corrected chi connectivity index (χ2v) is 9.91. The molecule has 0 atom stereocenters. The van der Waals surface area contributed by atoms with Crippen molar-refractivity contribution >= 4 is 38.6 Å². The van der Waals surface area contributed by atoms with E-state index in [-0.39, 0.29) is 0 Å². The van der Waals surface area contributed by atoms with E-state index in [4.69, 9.17) is 4.98 Å². The summed E-state index contributed by atoms with van der Waals surface area (Å²) in [6.07, 6.45) is 0.939. The third kappa shape index (κ3) is 3.52. The lowest BCUT2D eigenvalue weighted by Crippen LogP contribution is -2.09. The van der Waals surface area contributed by atoms with E-state index in [9.17, 15) is 0 Å². The van der Waals surface area contributed by atoms with Crippen LogP contribution in [0.1, 0.15) is 11.1 Å². The fraction of sp³-hybridized carbons (Fsp3) is 0.0312. The number of fused-ring (bicyclic) bond motifs is 4. The lowest BCUT2D eigenvalue weighted by molar-refractivity contribution is 1.23. The van der Waals surface area contributed by atoms with Crippen LogP contribution in [0.4, 0.5) is 17.1 Å². The third-order valence-corrected chi connectivity index (χ3v) is 7.78. The molecule has 166 valence electrons. The van der Waals surface area contributed by atoms with E-state index in [1.807, 2.05) is 0 Å². The summed E-state index contributed by atoms with van der Waals surface area (Å²) in [7, 11) is 0. The molecule has 0 spiro atoms. The zero-order valence-corrected chi connectivity index (χ0v) is 19.9. The van der Waals surface area contributed by atoms with Crippen LogP contribution in [0, 0.1) is 0 Å². The molecule has 1 heterocycles.